The fraction of sp³-hybridized carbons (Fsp3) is 0.833. The number of anilines is 1. The van der Waals surface area contributed by atoms with Crippen LogP contribution in [0.15, 0.2) is 0 Å². The van der Waals surface area contributed by atoms with Gasteiger partial charge in [0.2, 0.25) is 5.82 Å². The van der Waals surface area contributed by atoms with Crippen LogP contribution in [0.25, 0.3) is 0 Å². The normalized spacial score (nSPS) is 17.8. The summed E-state index contributed by atoms with van der Waals surface area (Å²) in [6.45, 7) is 7.18. The van der Waals surface area contributed by atoms with Gasteiger partial charge in [-0.05, 0) is 26.4 Å². The van der Waals surface area contributed by atoms with Crippen molar-refractivity contribution in [2.75, 3.05) is 44.7 Å². The Morgan fingerprint density at radius 3 is 2.94 bits per heavy atom. The van der Waals surface area contributed by atoms with Crippen molar-refractivity contribution in [3.63, 3.8) is 0 Å². The summed E-state index contributed by atoms with van der Waals surface area (Å²) in [6.07, 6.45) is 3.38. The first kappa shape index (κ1) is 13.5. The third-order valence-corrected chi connectivity index (χ3v) is 3.70. The van der Waals surface area contributed by atoms with Crippen molar-refractivity contribution < 1.29 is 4.74 Å². The summed E-state index contributed by atoms with van der Waals surface area (Å²) in [6, 6.07) is 0. The lowest BCUT2D eigenvalue weighted by molar-refractivity contribution is 0.300. The molecule has 0 radical (unpaired) electrons. The van der Waals surface area contributed by atoms with Gasteiger partial charge in [0.05, 0.1) is 18.3 Å². The van der Waals surface area contributed by atoms with Gasteiger partial charge in [-0.2, -0.15) is 4.37 Å². The SMILES string of the molecule is CCCCOc1nsnc1N1CCCN(C)CC1. The molecule has 0 atom stereocenters. The standard InChI is InChI=1S/C12H22N4OS/c1-3-4-10-17-12-11(13-18-14-12)16-7-5-6-15(2)8-9-16/h3-10H2,1-2H3. The van der Waals surface area contributed by atoms with Gasteiger partial charge < -0.3 is 14.5 Å². The third-order valence-electron chi connectivity index (χ3n) is 3.20. The predicted molar refractivity (Wildman–Crippen MR) is 74.6 cm³/mol. The van der Waals surface area contributed by atoms with Gasteiger partial charge in [-0.1, -0.05) is 13.3 Å². The largest absolute Gasteiger partial charge is 0.474 e. The molecule has 1 saturated heterocycles. The van der Waals surface area contributed by atoms with E-state index in [9.17, 15) is 0 Å². The average Bonchev–Trinajstić information content (AvgIpc) is 2.72. The molecule has 102 valence electrons. The summed E-state index contributed by atoms with van der Waals surface area (Å²) in [5.41, 5.74) is 0. The first-order valence-electron chi connectivity index (χ1n) is 6.70. The van der Waals surface area contributed by atoms with Gasteiger partial charge in [-0.15, -0.1) is 4.37 Å². The van der Waals surface area contributed by atoms with Crippen molar-refractivity contribution in [3.05, 3.63) is 0 Å². The average molecular weight is 270 g/mol. The molecule has 1 aromatic heterocycles. The van der Waals surface area contributed by atoms with Gasteiger partial charge in [-0.3, -0.25) is 0 Å². The van der Waals surface area contributed by atoms with E-state index < -0.39 is 0 Å². The molecule has 5 nitrogen and oxygen atoms in total. The Hall–Kier alpha value is -0.880. The molecule has 0 bridgehead atoms. The molecular formula is C12H22N4OS. The van der Waals surface area contributed by atoms with Gasteiger partial charge in [0.25, 0.3) is 5.88 Å². The molecule has 0 aromatic carbocycles. The summed E-state index contributed by atoms with van der Waals surface area (Å²) in [5.74, 6) is 1.66. The molecule has 2 rings (SSSR count). The predicted octanol–water partition coefficient (Wildman–Crippen LogP) is 1.86. The highest BCUT2D eigenvalue weighted by Crippen LogP contribution is 2.26. The van der Waals surface area contributed by atoms with Gasteiger partial charge in [0.15, 0.2) is 0 Å². The molecule has 1 aliphatic rings. The second kappa shape index (κ2) is 6.89. The Morgan fingerprint density at radius 1 is 1.22 bits per heavy atom. The number of unbranched alkanes of at least 4 members (excludes halogenated alkanes) is 1. The number of nitrogens with zero attached hydrogens (tertiary/aromatic N) is 4. The smallest absolute Gasteiger partial charge is 0.270 e. The van der Waals surface area contributed by atoms with Crippen LogP contribution in [0.3, 0.4) is 0 Å². The van der Waals surface area contributed by atoms with E-state index in [2.05, 4.69) is 32.5 Å². The van der Waals surface area contributed by atoms with Crippen molar-refractivity contribution in [3.8, 4) is 5.88 Å². The van der Waals surface area contributed by atoms with Gasteiger partial charge >= 0.3 is 0 Å². The second-order valence-corrected chi connectivity index (χ2v) is 5.27. The zero-order chi connectivity index (χ0) is 12.8. The minimum Gasteiger partial charge on any atom is -0.474 e. The number of likely N-dealkylation sites (N-methyl/N-ethyl adjacent to an activating group) is 1. The van der Waals surface area contributed by atoms with E-state index in [4.69, 9.17) is 4.74 Å². The zero-order valence-corrected chi connectivity index (χ0v) is 12.1. The molecule has 1 aromatic rings. The summed E-state index contributed by atoms with van der Waals surface area (Å²) >= 11 is 1.25. The lowest BCUT2D eigenvalue weighted by Crippen LogP contribution is -2.29. The molecule has 0 N–H and O–H groups in total. The molecule has 0 amide bonds. The van der Waals surface area contributed by atoms with E-state index in [1.807, 2.05) is 0 Å². The molecule has 6 heteroatoms. The number of ether oxygens (including phenoxy) is 1. The fourth-order valence-corrected chi connectivity index (χ4v) is 2.55. The minimum atomic E-state index is 0.720. The Morgan fingerprint density at radius 2 is 2.11 bits per heavy atom. The van der Waals surface area contributed by atoms with E-state index in [1.165, 1.54) is 18.1 Å². The highest BCUT2D eigenvalue weighted by Gasteiger charge is 2.19. The number of aromatic nitrogens is 2. The molecule has 0 spiro atoms. The van der Waals surface area contributed by atoms with Crippen molar-refractivity contribution in [2.24, 2.45) is 0 Å². The number of hydrogen-bond acceptors (Lipinski definition) is 6. The lowest BCUT2D eigenvalue weighted by atomic mass is 10.3. The van der Waals surface area contributed by atoms with Crippen LogP contribution in [0.2, 0.25) is 0 Å². The van der Waals surface area contributed by atoms with Crippen LogP contribution in [0, 0.1) is 0 Å². The van der Waals surface area contributed by atoms with Crippen molar-refractivity contribution in [2.45, 2.75) is 26.2 Å². The summed E-state index contributed by atoms with van der Waals surface area (Å²) in [4.78, 5) is 4.66. The van der Waals surface area contributed by atoms with E-state index in [0.717, 1.165) is 57.3 Å². The molecule has 2 heterocycles. The van der Waals surface area contributed by atoms with Gasteiger partial charge in [0, 0.05) is 19.6 Å². The maximum atomic E-state index is 5.72. The van der Waals surface area contributed by atoms with Crippen molar-refractivity contribution in [1.82, 2.24) is 13.6 Å². The third kappa shape index (κ3) is 3.55. The van der Waals surface area contributed by atoms with Crippen LogP contribution in [0.4, 0.5) is 5.82 Å². The van der Waals surface area contributed by atoms with Crippen LogP contribution in [-0.2, 0) is 0 Å². The van der Waals surface area contributed by atoms with E-state index >= 15 is 0 Å². The monoisotopic (exact) mass is 270 g/mol. The van der Waals surface area contributed by atoms with Crippen LogP contribution >= 0.6 is 11.7 Å². The first-order chi connectivity index (χ1) is 8.81. The Balaban J connectivity index is 1.96. The van der Waals surface area contributed by atoms with E-state index in [0.29, 0.717) is 0 Å². The molecule has 18 heavy (non-hydrogen) atoms. The fourth-order valence-electron chi connectivity index (χ4n) is 2.03. The molecule has 0 unspecified atom stereocenters. The zero-order valence-electron chi connectivity index (χ0n) is 11.3. The van der Waals surface area contributed by atoms with Crippen LogP contribution in [-0.4, -0.2) is 53.5 Å². The van der Waals surface area contributed by atoms with Gasteiger partial charge in [-0.25, -0.2) is 0 Å². The quantitative estimate of drug-likeness (QED) is 0.764. The molecule has 0 saturated carbocycles. The van der Waals surface area contributed by atoms with Gasteiger partial charge in [0.1, 0.15) is 0 Å². The number of hydrogen-bond donors (Lipinski definition) is 0. The molecule has 0 aliphatic carbocycles. The van der Waals surface area contributed by atoms with Crippen molar-refractivity contribution in [1.29, 1.82) is 0 Å². The highest BCUT2D eigenvalue weighted by molar-refractivity contribution is 6.99. The minimum absolute atomic E-state index is 0.720. The van der Waals surface area contributed by atoms with E-state index in [-0.39, 0.29) is 0 Å². The van der Waals surface area contributed by atoms with Crippen LogP contribution in [0.1, 0.15) is 26.2 Å². The summed E-state index contributed by atoms with van der Waals surface area (Å²) in [5, 5.41) is 0. The molecular weight excluding hydrogens is 248 g/mol. The summed E-state index contributed by atoms with van der Waals surface area (Å²) in [7, 11) is 2.17. The highest BCUT2D eigenvalue weighted by atomic mass is 32.1. The Kier molecular flexibility index (Phi) is 5.19. The van der Waals surface area contributed by atoms with Crippen LogP contribution < -0.4 is 9.64 Å². The second-order valence-electron chi connectivity index (χ2n) is 4.74. The Labute approximate surface area is 113 Å². The molecule has 1 fully saturated rings. The van der Waals surface area contributed by atoms with Crippen molar-refractivity contribution >= 4 is 17.5 Å². The van der Waals surface area contributed by atoms with Crippen LogP contribution in [0.5, 0.6) is 5.88 Å². The maximum absolute atomic E-state index is 5.72. The first-order valence-corrected chi connectivity index (χ1v) is 7.43. The maximum Gasteiger partial charge on any atom is 0.270 e. The lowest BCUT2D eigenvalue weighted by Gasteiger charge is -2.20. The van der Waals surface area contributed by atoms with E-state index in [1.54, 1.807) is 0 Å². The number of rotatable bonds is 5. The molecule has 1 aliphatic heterocycles. The Bertz CT molecular complexity index is 358. The summed E-state index contributed by atoms with van der Waals surface area (Å²) < 4.78 is 14.4. The topological polar surface area (TPSA) is 41.5 Å².